The Kier molecular flexibility index (Phi) is 5.54. The molecule has 12 aromatic rings. The molecule has 0 saturated heterocycles. The molecule has 0 radical (unpaired) electrons. The number of hydrogen-bond acceptors (Lipinski definition) is 2. The van der Waals surface area contributed by atoms with Gasteiger partial charge in [-0.1, -0.05) is 109 Å². The zero-order valence-corrected chi connectivity index (χ0v) is 29.8. The van der Waals surface area contributed by atoms with E-state index in [1.807, 2.05) is 23.6 Å². The first-order chi connectivity index (χ1) is 26.8. The molecule has 3 heterocycles. The van der Waals surface area contributed by atoms with Gasteiger partial charge >= 0.3 is 0 Å². The second-order valence-corrected chi connectivity index (χ2v) is 15.7. The predicted molar refractivity (Wildman–Crippen MR) is 231 cm³/mol. The molecule has 0 unspecified atom stereocenters. The van der Waals surface area contributed by atoms with Crippen molar-refractivity contribution < 1.29 is 0 Å². The monoisotopic (exact) mass is 700 g/mol. The molecule has 0 spiro atoms. The molecule has 0 amide bonds. The average Bonchev–Trinajstić information content (AvgIpc) is 3.89. The van der Waals surface area contributed by atoms with E-state index >= 15 is 0 Å². The molecular formula is C51H28N2S. The highest BCUT2D eigenvalue weighted by atomic mass is 32.1. The van der Waals surface area contributed by atoms with E-state index in [1.165, 1.54) is 119 Å². The van der Waals surface area contributed by atoms with Crippen molar-refractivity contribution in [2.75, 3.05) is 0 Å². The standard InChI is InChI=1S/C51H28N2S/c1-3-11-35-32(9-1)33-10-2-4-12-36(33)51-40-21-20-31(34-14-7-15-39(48(34)40)50(35)51)29-18-24-46-41(27-29)42-28-30(19-25-47(42)54-46)53-44-17-6-5-13-38(44)49-37-16-8-26-52-43(37)22-23-45(49)53/h1-28H. The van der Waals surface area contributed by atoms with Crippen molar-refractivity contribution in [3.05, 3.63) is 170 Å². The molecule has 54 heavy (non-hydrogen) atoms. The minimum Gasteiger partial charge on any atom is -0.309 e. The van der Waals surface area contributed by atoms with Crippen molar-refractivity contribution in [1.29, 1.82) is 0 Å². The molecule has 0 saturated carbocycles. The van der Waals surface area contributed by atoms with E-state index in [1.54, 1.807) is 0 Å². The number of fused-ring (bicyclic) bond motifs is 16. The summed E-state index contributed by atoms with van der Waals surface area (Å²) in [6.45, 7) is 0. The summed E-state index contributed by atoms with van der Waals surface area (Å²) >= 11 is 1.88. The fourth-order valence-electron chi connectivity index (χ4n) is 9.75. The van der Waals surface area contributed by atoms with Crippen LogP contribution in [0.1, 0.15) is 0 Å². The third-order valence-corrected chi connectivity index (χ3v) is 13.1. The van der Waals surface area contributed by atoms with Crippen LogP contribution in [0.4, 0.5) is 0 Å². The van der Waals surface area contributed by atoms with Crippen LogP contribution in [0.15, 0.2) is 170 Å². The van der Waals surface area contributed by atoms with Crippen LogP contribution < -0.4 is 0 Å². The third-order valence-electron chi connectivity index (χ3n) is 12.0. The lowest BCUT2D eigenvalue weighted by molar-refractivity contribution is 1.19. The molecule has 0 atom stereocenters. The van der Waals surface area contributed by atoms with Gasteiger partial charge in [0.25, 0.3) is 0 Å². The van der Waals surface area contributed by atoms with E-state index in [4.69, 9.17) is 0 Å². The summed E-state index contributed by atoms with van der Waals surface area (Å²) in [5.74, 6) is 0. The second kappa shape index (κ2) is 10.4. The number of aromatic nitrogens is 2. The fourth-order valence-corrected chi connectivity index (χ4v) is 10.8. The summed E-state index contributed by atoms with van der Waals surface area (Å²) in [4.78, 5) is 4.68. The second-order valence-electron chi connectivity index (χ2n) is 14.6. The molecule has 9 aromatic carbocycles. The van der Waals surface area contributed by atoms with Crippen molar-refractivity contribution in [3.63, 3.8) is 0 Å². The first kappa shape index (κ1) is 28.7. The number of hydrogen-bond donors (Lipinski definition) is 0. The predicted octanol–water partition coefficient (Wildman–Crippen LogP) is 14.5. The number of benzene rings is 9. The largest absolute Gasteiger partial charge is 0.309 e. The fraction of sp³-hybridized carbons (Fsp3) is 0. The normalized spacial score (nSPS) is 12.4. The van der Waals surface area contributed by atoms with E-state index in [9.17, 15) is 0 Å². The van der Waals surface area contributed by atoms with Crippen LogP contribution in [-0.4, -0.2) is 9.55 Å². The van der Waals surface area contributed by atoms with E-state index in [2.05, 4.69) is 167 Å². The van der Waals surface area contributed by atoms with Gasteiger partial charge in [0.15, 0.2) is 0 Å². The average molecular weight is 701 g/mol. The summed E-state index contributed by atoms with van der Waals surface area (Å²) in [5, 5.41) is 14.2. The molecular weight excluding hydrogens is 673 g/mol. The van der Waals surface area contributed by atoms with Crippen LogP contribution in [0.3, 0.4) is 0 Å². The summed E-state index contributed by atoms with van der Waals surface area (Å²) in [5.41, 5.74) is 12.5. The Hall–Kier alpha value is -6.81. The topological polar surface area (TPSA) is 17.8 Å². The number of rotatable bonds is 2. The first-order valence-electron chi connectivity index (χ1n) is 18.5. The van der Waals surface area contributed by atoms with Crippen molar-refractivity contribution in [1.82, 2.24) is 9.55 Å². The van der Waals surface area contributed by atoms with Gasteiger partial charge < -0.3 is 4.57 Å². The molecule has 2 nitrogen and oxygen atoms in total. The van der Waals surface area contributed by atoms with E-state index in [0.717, 1.165) is 5.52 Å². The molecule has 13 rings (SSSR count). The maximum atomic E-state index is 4.68. The minimum absolute atomic E-state index is 1.02. The Morgan fingerprint density at radius 1 is 0.389 bits per heavy atom. The summed E-state index contributed by atoms with van der Waals surface area (Å²) in [6, 6.07) is 60.9. The lowest BCUT2D eigenvalue weighted by atomic mass is 9.90. The highest BCUT2D eigenvalue weighted by Crippen LogP contribution is 2.55. The molecule has 3 heteroatoms. The number of thiophene rings is 1. The van der Waals surface area contributed by atoms with E-state index in [-0.39, 0.29) is 0 Å². The number of para-hydroxylation sites is 1. The Labute approximate surface area is 313 Å². The van der Waals surface area contributed by atoms with Gasteiger partial charge in [-0.15, -0.1) is 11.3 Å². The Morgan fingerprint density at radius 2 is 1.04 bits per heavy atom. The smallest absolute Gasteiger partial charge is 0.0709 e. The minimum atomic E-state index is 1.02. The Bertz CT molecular complexity index is 3550. The van der Waals surface area contributed by atoms with Crippen LogP contribution in [0.5, 0.6) is 0 Å². The van der Waals surface area contributed by atoms with Gasteiger partial charge in [-0.3, -0.25) is 4.98 Å². The lowest BCUT2D eigenvalue weighted by Crippen LogP contribution is -1.93. The first-order valence-corrected chi connectivity index (χ1v) is 19.4. The molecule has 1 aliphatic carbocycles. The van der Waals surface area contributed by atoms with Gasteiger partial charge in [0.05, 0.1) is 16.6 Å². The van der Waals surface area contributed by atoms with Crippen LogP contribution in [0.2, 0.25) is 0 Å². The van der Waals surface area contributed by atoms with E-state index < -0.39 is 0 Å². The number of pyridine rings is 1. The summed E-state index contributed by atoms with van der Waals surface area (Å²) < 4.78 is 5.04. The van der Waals surface area contributed by atoms with Crippen molar-refractivity contribution >= 4 is 96.5 Å². The van der Waals surface area contributed by atoms with E-state index in [0.29, 0.717) is 0 Å². The molecule has 1 aliphatic rings. The number of nitrogens with zero attached hydrogens (tertiary/aromatic N) is 2. The molecule has 0 N–H and O–H groups in total. The highest BCUT2D eigenvalue weighted by molar-refractivity contribution is 7.25. The Balaban J connectivity index is 1.03. The zero-order chi connectivity index (χ0) is 35.1. The van der Waals surface area contributed by atoms with Crippen molar-refractivity contribution in [2.45, 2.75) is 0 Å². The van der Waals surface area contributed by atoms with Gasteiger partial charge in [0.1, 0.15) is 0 Å². The summed E-state index contributed by atoms with van der Waals surface area (Å²) in [7, 11) is 0. The van der Waals surface area contributed by atoms with Gasteiger partial charge in [0, 0.05) is 48.2 Å². The van der Waals surface area contributed by atoms with Gasteiger partial charge in [-0.25, -0.2) is 0 Å². The van der Waals surface area contributed by atoms with Crippen LogP contribution in [0.25, 0.3) is 124 Å². The highest BCUT2D eigenvalue weighted by Gasteiger charge is 2.27. The SMILES string of the molecule is c1cc2c3c(ccc(-c4ccc5sc6ccc(-n7c8ccccc8c8c9cccnc9ccc87)cc6c5c4)c3c1)-c1c-2c2ccccc2c2ccccc12. The zero-order valence-electron chi connectivity index (χ0n) is 29.0. The molecule has 0 fully saturated rings. The van der Waals surface area contributed by atoms with Crippen molar-refractivity contribution in [3.8, 4) is 39.1 Å². The van der Waals surface area contributed by atoms with Crippen LogP contribution in [-0.2, 0) is 0 Å². The molecule has 0 bridgehead atoms. The maximum absolute atomic E-state index is 4.68. The molecule has 3 aromatic heterocycles. The van der Waals surface area contributed by atoms with Crippen LogP contribution in [0, 0.1) is 0 Å². The maximum Gasteiger partial charge on any atom is 0.0709 e. The van der Waals surface area contributed by atoms with Gasteiger partial charge in [-0.2, -0.15) is 0 Å². The molecule has 248 valence electrons. The Morgan fingerprint density at radius 3 is 1.85 bits per heavy atom. The summed E-state index contributed by atoms with van der Waals surface area (Å²) in [6.07, 6.45) is 1.88. The van der Waals surface area contributed by atoms with Crippen molar-refractivity contribution in [2.24, 2.45) is 0 Å². The van der Waals surface area contributed by atoms with Crippen LogP contribution >= 0.6 is 11.3 Å². The lowest BCUT2D eigenvalue weighted by Gasteiger charge is -2.13. The third kappa shape index (κ3) is 3.66. The van der Waals surface area contributed by atoms with Gasteiger partial charge in [-0.05, 0) is 120 Å². The van der Waals surface area contributed by atoms with Gasteiger partial charge in [0.2, 0.25) is 0 Å². The quantitative estimate of drug-likeness (QED) is 0.164. The molecule has 0 aliphatic heterocycles.